The number of amides is 1. The van der Waals surface area contributed by atoms with E-state index in [2.05, 4.69) is 40.0 Å². The van der Waals surface area contributed by atoms with Crippen LogP contribution in [0.5, 0.6) is 5.75 Å². The van der Waals surface area contributed by atoms with Gasteiger partial charge in [-0.2, -0.15) is 0 Å². The van der Waals surface area contributed by atoms with Gasteiger partial charge in [0.05, 0.1) is 27.9 Å². The molecule has 0 aromatic heterocycles. The Balaban J connectivity index is 1.66. The lowest BCUT2D eigenvalue weighted by Crippen LogP contribution is -2.37. The van der Waals surface area contributed by atoms with Gasteiger partial charge in [0.25, 0.3) is 5.91 Å². The van der Waals surface area contributed by atoms with Crippen LogP contribution in [-0.2, 0) is 24.2 Å². The molecule has 1 amide bonds. The zero-order valence-corrected chi connectivity index (χ0v) is 26.5. The van der Waals surface area contributed by atoms with Gasteiger partial charge in [-0.25, -0.2) is 13.2 Å². The predicted octanol–water partition coefficient (Wildman–Crippen LogP) is 6.37. The number of nitrogens with one attached hydrogen (secondary N) is 1. The maximum atomic E-state index is 14.0. The van der Waals surface area contributed by atoms with E-state index >= 15 is 0 Å². The van der Waals surface area contributed by atoms with Gasteiger partial charge in [0, 0.05) is 23.7 Å². The van der Waals surface area contributed by atoms with Gasteiger partial charge in [-0.3, -0.25) is 4.79 Å². The molecular weight excluding hydrogens is 620 g/mol. The van der Waals surface area contributed by atoms with Crippen LogP contribution in [0.15, 0.2) is 82.2 Å². The van der Waals surface area contributed by atoms with Crippen molar-refractivity contribution in [2.24, 2.45) is 5.41 Å². The number of carbonyl (C=O) groups is 2. The summed E-state index contributed by atoms with van der Waals surface area (Å²) in [5.74, 6) is -0.941. The molecule has 0 bridgehead atoms. The number of esters is 1. The van der Waals surface area contributed by atoms with Gasteiger partial charge >= 0.3 is 5.97 Å². The normalized spacial score (nSPS) is 18.3. The molecule has 4 rings (SSSR count). The topological polar surface area (TPSA) is 102 Å². The number of halogens is 1. The molecule has 1 heterocycles. The monoisotopic (exact) mass is 656 g/mol. The van der Waals surface area contributed by atoms with Crippen molar-refractivity contribution in [1.82, 2.24) is 5.32 Å². The maximum absolute atomic E-state index is 14.0. The molecule has 224 valence electrons. The summed E-state index contributed by atoms with van der Waals surface area (Å²) in [4.78, 5) is 27.5. The van der Waals surface area contributed by atoms with Gasteiger partial charge in [-0.1, -0.05) is 75.2 Å². The zero-order chi connectivity index (χ0) is 30.3. The number of unbranched alkanes of at least 4 members (excludes halogenated alkanes) is 1. The second-order valence-electron chi connectivity index (χ2n) is 10.6. The molecule has 0 saturated heterocycles. The maximum Gasteiger partial charge on any atom is 0.333 e. The number of hydrogen-bond donors (Lipinski definition) is 1. The van der Waals surface area contributed by atoms with Gasteiger partial charge in [0.1, 0.15) is 5.75 Å². The van der Waals surface area contributed by atoms with Gasteiger partial charge in [0.15, 0.2) is 22.5 Å². The number of hydrogen-bond acceptors (Lipinski definition) is 7. The summed E-state index contributed by atoms with van der Waals surface area (Å²) in [5, 5.41) is 2.65. The first-order valence-electron chi connectivity index (χ1n) is 14.1. The van der Waals surface area contributed by atoms with Crippen LogP contribution in [0.3, 0.4) is 0 Å². The van der Waals surface area contributed by atoms with Crippen molar-refractivity contribution >= 4 is 49.0 Å². The molecule has 1 aliphatic rings. The highest BCUT2D eigenvalue weighted by Crippen LogP contribution is 2.46. The van der Waals surface area contributed by atoms with Gasteiger partial charge < -0.3 is 19.7 Å². The Morgan fingerprint density at radius 3 is 2.33 bits per heavy atom. The lowest BCUT2D eigenvalue weighted by atomic mass is 9.81. The lowest BCUT2D eigenvalue weighted by molar-refractivity contribution is -0.145. The van der Waals surface area contributed by atoms with E-state index < -0.39 is 39.8 Å². The molecule has 0 spiro atoms. The van der Waals surface area contributed by atoms with Crippen molar-refractivity contribution in [2.45, 2.75) is 50.5 Å². The van der Waals surface area contributed by atoms with Crippen molar-refractivity contribution in [3.63, 3.8) is 0 Å². The van der Waals surface area contributed by atoms with Crippen LogP contribution in [0.2, 0.25) is 0 Å². The van der Waals surface area contributed by atoms with Crippen LogP contribution in [0.25, 0.3) is 0 Å². The predicted molar refractivity (Wildman–Crippen MR) is 167 cm³/mol. The average molecular weight is 658 g/mol. The van der Waals surface area contributed by atoms with E-state index in [1.54, 1.807) is 36.4 Å². The first-order valence-corrected chi connectivity index (χ1v) is 16.5. The molecule has 1 aliphatic heterocycles. The Kier molecular flexibility index (Phi) is 10.3. The summed E-state index contributed by atoms with van der Waals surface area (Å²) in [6, 6.07) is 20.8. The Labute approximate surface area is 256 Å². The van der Waals surface area contributed by atoms with Crippen LogP contribution in [0.1, 0.15) is 51.1 Å². The number of anilines is 2. The summed E-state index contributed by atoms with van der Waals surface area (Å²) in [7, 11) is -2.47. The first kappa shape index (κ1) is 31.6. The second kappa shape index (κ2) is 13.7. The molecule has 0 saturated carbocycles. The number of carbonyl (C=O) groups excluding carboxylic acids is 2. The van der Waals surface area contributed by atoms with Crippen molar-refractivity contribution in [3.8, 4) is 5.75 Å². The lowest BCUT2D eigenvalue weighted by Gasteiger charge is -2.36. The quantitative estimate of drug-likeness (QED) is 0.239. The second-order valence-corrected chi connectivity index (χ2v) is 13.4. The number of sulfone groups is 1. The van der Waals surface area contributed by atoms with Crippen LogP contribution >= 0.6 is 15.9 Å². The molecular formula is C32H37BrN2O6S. The first-order chi connectivity index (χ1) is 20.1. The highest BCUT2D eigenvalue weighted by molar-refractivity contribution is 9.10. The number of nitrogens with zero attached hydrogens (tertiary/aromatic N) is 1. The molecule has 8 nitrogen and oxygen atoms in total. The number of ether oxygens (including phenoxy) is 2. The van der Waals surface area contributed by atoms with Crippen LogP contribution < -0.4 is 15.0 Å². The molecule has 10 heteroatoms. The Hall–Kier alpha value is -3.37. The van der Waals surface area contributed by atoms with Crippen molar-refractivity contribution in [3.05, 3.63) is 82.8 Å². The summed E-state index contributed by atoms with van der Waals surface area (Å²) < 4.78 is 39.2. The summed E-state index contributed by atoms with van der Waals surface area (Å²) in [6.07, 6.45) is 3.43. The number of rotatable bonds is 11. The standard InChI is InChI=1S/C32H37BrN2O6S/c1-4-6-17-32(5-2)21-35(24-15-11-8-12-16-24)26-18-25(33)27(19-28(26)42(38,39)22-32)41-20-29(36)34-30(31(37)40-3)23-13-9-7-10-14-23/h7-16,18-19,30H,4-6,17,20-22H2,1-3H3,(H,34,36). The molecule has 0 radical (unpaired) electrons. The fourth-order valence-corrected chi connectivity index (χ4v) is 7.98. The van der Waals surface area contributed by atoms with E-state index in [4.69, 9.17) is 9.47 Å². The van der Waals surface area contributed by atoms with Crippen molar-refractivity contribution < 1.29 is 27.5 Å². The van der Waals surface area contributed by atoms with Crippen LogP contribution in [0.4, 0.5) is 11.4 Å². The molecule has 0 fully saturated rings. The van der Waals surface area contributed by atoms with E-state index in [-0.39, 0.29) is 16.4 Å². The minimum absolute atomic E-state index is 0.0201. The third kappa shape index (κ3) is 7.15. The summed E-state index contributed by atoms with van der Waals surface area (Å²) in [5.41, 5.74) is 1.60. The minimum Gasteiger partial charge on any atom is -0.483 e. The Bertz CT molecular complexity index is 1500. The van der Waals surface area contributed by atoms with Gasteiger partial charge in [-0.15, -0.1) is 0 Å². The third-order valence-electron chi connectivity index (χ3n) is 7.74. The van der Waals surface area contributed by atoms with E-state index in [1.165, 1.54) is 13.2 Å². The number of para-hydroxylation sites is 1. The summed E-state index contributed by atoms with van der Waals surface area (Å²) >= 11 is 3.55. The van der Waals surface area contributed by atoms with Crippen LogP contribution in [0, 0.1) is 5.41 Å². The van der Waals surface area contributed by atoms with E-state index in [0.29, 0.717) is 22.3 Å². The highest BCUT2D eigenvalue weighted by Gasteiger charge is 2.42. The van der Waals surface area contributed by atoms with Crippen molar-refractivity contribution in [2.75, 3.05) is 30.9 Å². The Morgan fingerprint density at radius 1 is 1.05 bits per heavy atom. The van der Waals surface area contributed by atoms with Crippen molar-refractivity contribution in [1.29, 1.82) is 0 Å². The summed E-state index contributed by atoms with van der Waals surface area (Å²) in [6.45, 7) is 4.30. The van der Waals surface area contributed by atoms with Gasteiger partial charge in [-0.05, 0) is 52.5 Å². The van der Waals surface area contributed by atoms with Gasteiger partial charge in [0.2, 0.25) is 0 Å². The molecule has 3 aromatic rings. The molecule has 0 aliphatic carbocycles. The molecule has 3 aromatic carbocycles. The van der Waals surface area contributed by atoms with Crippen LogP contribution in [-0.4, -0.2) is 46.3 Å². The number of fused-ring (bicyclic) bond motifs is 1. The fraction of sp³-hybridized carbons (Fsp3) is 0.375. The van der Waals surface area contributed by atoms with E-state index in [9.17, 15) is 18.0 Å². The highest BCUT2D eigenvalue weighted by atomic mass is 79.9. The van der Waals surface area contributed by atoms with E-state index in [1.807, 2.05) is 30.3 Å². The molecule has 1 N–H and O–H groups in total. The molecule has 42 heavy (non-hydrogen) atoms. The molecule has 2 atom stereocenters. The smallest absolute Gasteiger partial charge is 0.333 e. The number of benzene rings is 3. The minimum atomic E-state index is -3.72. The Morgan fingerprint density at radius 2 is 1.71 bits per heavy atom. The van der Waals surface area contributed by atoms with E-state index in [0.717, 1.165) is 31.4 Å². The zero-order valence-electron chi connectivity index (χ0n) is 24.1. The SMILES string of the molecule is CCCCC1(CC)CN(c2ccccc2)c2cc(Br)c(OCC(=O)NC(C(=O)OC)c3ccccc3)cc2S(=O)(=O)C1. The number of methoxy groups -OCH3 is 1. The average Bonchev–Trinajstić information content (AvgIpc) is 3.09. The third-order valence-corrected chi connectivity index (χ3v) is 10.4. The largest absolute Gasteiger partial charge is 0.483 e. The molecule has 2 unspecified atom stereocenters. The fourth-order valence-electron chi connectivity index (χ4n) is 5.36.